The van der Waals surface area contributed by atoms with Crippen molar-refractivity contribution in [3.05, 3.63) is 0 Å². The normalized spacial score (nSPS) is 19.4. The van der Waals surface area contributed by atoms with Crippen LogP contribution in [0.15, 0.2) is 0 Å². The highest BCUT2D eigenvalue weighted by molar-refractivity contribution is 5.77. The highest BCUT2D eigenvalue weighted by atomic mass is 16.3. The molecule has 0 unspecified atom stereocenters. The first-order valence-electron chi connectivity index (χ1n) is 6.68. The first kappa shape index (κ1) is 14.5. The molecule has 0 aromatic rings. The standard InChI is InChI=1S/C13H26N2O2/c1-11(2)15(8-9-16)12(17)10-13(14)6-4-3-5-7-13/h11,16H,3-10,14H2,1-2H3. The maximum Gasteiger partial charge on any atom is 0.224 e. The van der Waals surface area contributed by atoms with Crippen molar-refractivity contribution >= 4 is 5.91 Å². The third-order valence-corrected chi connectivity index (χ3v) is 3.64. The van der Waals surface area contributed by atoms with Gasteiger partial charge in [-0.3, -0.25) is 4.79 Å². The predicted molar refractivity (Wildman–Crippen MR) is 68.6 cm³/mol. The second-order valence-corrected chi connectivity index (χ2v) is 5.50. The van der Waals surface area contributed by atoms with Crippen molar-refractivity contribution in [2.45, 2.75) is 64.0 Å². The lowest BCUT2D eigenvalue weighted by molar-refractivity contribution is -0.135. The first-order valence-corrected chi connectivity index (χ1v) is 6.68. The lowest BCUT2D eigenvalue weighted by Crippen LogP contribution is -2.49. The molecule has 0 aliphatic heterocycles. The number of carbonyl (C=O) groups is 1. The molecule has 1 saturated carbocycles. The van der Waals surface area contributed by atoms with Crippen LogP contribution in [-0.2, 0) is 4.79 Å². The minimum absolute atomic E-state index is 0.0154. The van der Waals surface area contributed by atoms with Gasteiger partial charge in [-0.2, -0.15) is 0 Å². The van der Waals surface area contributed by atoms with Gasteiger partial charge in [0.2, 0.25) is 5.91 Å². The minimum atomic E-state index is -0.308. The lowest BCUT2D eigenvalue weighted by Gasteiger charge is -2.36. The van der Waals surface area contributed by atoms with Crippen LogP contribution in [-0.4, -0.2) is 40.6 Å². The van der Waals surface area contributed by atoms with E-state index in [1.165, 1.54) is 6.42 Å². The van der Waals surface area contributed by atoms with E-state index in [1.54, 1.807) is 4.90 Å². The van der Waals surface area contributed by atoms with Crippen LogP contribution >= 0.6 is 0 Å². The third kappa shape index (κ3) is 4.28. The number of nitrogens with zero attached hydrogens (tertiary/aromatic N) is 1. The molecule has 100 valence electrons. The largest absolute Gasteiger partial charge is 0.395 e. The molecule has 0 heterocycles. The second kappa shape index (κ2) is 6.36. The van der Waals surface area contributed by atoms with Crippen LogP contribution in [0, 0.1) is 0 Å². The van der Waals surface area contributed by atoms with E-state index >= 15 is 0 Å². The van der Waals surface area contributed by atoms with Crippen LogP contribution in [0.25, 0.3) is 0 Å². The number of aliphatic hydroxyl groups excluding tert-OH is 1. The number of hydrogen-bond acceptors (Lipinski definition) is 3. The van der Waals surface area contributed by atoms with E-state index in [-0.39, 0.29) is 24.1 Å². The van der Waals surface area contributed by atoms with Gasteiger partial charge in [0.25, 0.3) is 0 Å². The topological polar surface area (TPSA) is 66.6 Å². The summed E-state index contributed by atoms with van der Waals surface area (Å²) in [5.74, 6) is 0.0819. The summed E-state index contributed by atoms with van der Waals surface area (Å²) < 4.78 is 0. The molecule has 0 spiro atoms. The summed E-state index contributed by atoms with van der Waals surface area (Å²) in [7, 11) is 0. The SMILES string of the molecule is CC(C)N(CCO)C(=O)CC1(N)CCCCC1. The summed E-state index contributed by atoms with van der Waals surface area (Å²) in [4.78, 5) is 13.9. The molecule has 3 N–H and O–H groups in total. The molecule has 0 aromatic carbocycles. The van der Waals surface area contributed by atoms with Gasteiger partial charge in [-0.15, -0.1) is 0 Å². The molecule has 1 amide bonds. The van der Waals surface area contributed by atoms with Gasteiger partial charge >= 0.3 is 0 Å². The quantitative estimate of drug-likeness (QED) is 0.763. The Morgan fingerprint density at radius 2 is 1.94 bits per heavy atom. The van der Waals surface area contributed by atoms with Crippen LogP contribution in [0.1, 0.15) is 52.4 Å². The smallest absolute Gasteiger partial charge is 0.224 e. The molecule has 4 heteroatoms. The lowest BCUT2D eigenvalue weighted by atomic mass is 9.80. The van der Waals surface area contributed by atoms with Crippen molar-refractivity contribution in [3.63, 3.8) is 0 Å². The summed E-state index contributed by atoms with van der Waals surface area (Å²) >= 11 is 0. The van der Waals surface area contributed by atoms with Gasteiger partial charge in [0.05, 0.1) is 6.61 Å². The van der Waals surface area contributed by atoms with Crippen LogP contribution in [0.2, 0.25) is 0 Å². The van der Waals surface area contributed by atoms with Gasteiger partial charge in [-0.05, 0) is 26.7 Å². The van der Waals surface area contributed by atoms with E-state index in [9.17, 15) is 4.79 Å². The monoisotopic (exact) mass is 242 g/mol. The Kier molecular flexibility index (Phi) is 5.40. The van der Waals surface area contributed by atoms with Crippen molar-refractivity contribution in [2.24, 2.45) is 5.73 Å². The molecule has 4 nitrogen and oxygen atoms in total. The van der Waals surface area contributed by atoms with Gasteiger partial charge in [0, 0.05) is 24.5 Å². The molecule has 1 aliphatic rings. The van der Waals surface area contributed by atoms with E-state index < -0.39 is 0 Å². The summed E-state index contributed by atoms with van der Waals surface area (Å²) in [6.07, 6.45) is 5.81. The van der Waals surface area contributed by atoms with Crippen LogP contribution in [0.3, 0.4) is 0 Å². The molecule has 0 bridgehead atoms. The maximum atomic E-state index is 12.2. The molecule has 0 radical (unpaired) electrons. The van der Waals surface area contributed by atoms with Crippen molar-refractivity contribution in [1.82, 2.24) is 4.90 Å². The van der Waals surface area contributed by atoms with Gasteiger partial charge < -0.3 is 15.7 Å². The fraction of sp³-hybridized carbons (Fsp3) is 0.923. The zero-order valence-electron chi connectivity index (χ0n) is 11.1. The summed E-state index contributed by atoms with van der Waals surface area (Å²) in [6.45, 7) is 4.36. The van der Waals surface area contributed by atoms with Gasteiger partial charge in [-0.1, -0.05) is 19.3 Å². The number of carbonyl (C=O) groups excluding carboxylic acids is 1. The zero-order chi connectivity index (χ0) is 12.9. The molecule has 1 aliphatic carbocycles. The fourth-order valence-electron chi connectivity index (χ4n) is 2.61. The number of nitrogens with two attached hydrogens (primary N) is 1. The van der Waals surface area contributed by atoms with Gasteiger partial charge in [0.15, 0.2) is 0 Å². The van der Waals surface area contributed by atoms with E-state index in [0.29, 0.717) is 13.0 Å². The molecule has 0 atom stereocenters. The van der Waals surface area contributed by atoms with Crippen LogP contribution in [0.4, 0.5) is 0 Å². The molecule has 17 heavy (non-hydrogen) atoms. The van der Waals surface area contributed by atoms with E-state index in [0.717, 1.165) is 25.7 Å². The predicted octanol–water partition coefficient (Wildman–Crippen LogP) is 1.27. The Bertz CT molecular complexity index is 248. The Hall–Kier alpha value is -0.610. The Morgan fingerprint density at radius 3 is 2.41 bits per heavy atom. The number of amides is 1. The van der Waals surface area contributed by atoms with Crippen LogP contribution < -0.4 is 5.73 Å². The molecular weight excluding hydrogens is 216 g/mol. The Labute approximate surface area is 104 Å². The molecular formula is C13H26N2O2. The number of hydrogen-bond donors (Lipinski definition) is 2. The van der Waals surface area contributed by atoms with E-state index in [4.69, 9.17) is 10.8 Å². The first-order chi connectivity index (χ1) is 7.98. The average Bonchev–Trinajstić information content (AvgIpc) is 2.25. The van der Waals surface area contributed by atoms with Gasteiger partial charge in [-0.25, -0.2) is 0 Å². The minimum Gasteiger partial charge on any atom is -0.395 e. The van der Waals surface area contributed by atoms with Gasteiger partial charge in [0.1, 0.15) is 0 Å². The maximum absolute atomic E-state index is 12.2. The Morgan fingerprint density at radius 1 is 1.35 bits per heavy atom. The highest BCUT2D eigenvalue weighted by Crippen LogP contribution is 2.29. The highest BCUT2D eigenvalue weighted by Gasteiger charge is 2.32. The van der Waals surface area contributed by atoms with Crippen LogP contribution in [0.5, 0.6) is 0 Å². The molecule has 1 rings (SSSR count). The summed E-state index contributed by atoms with van der Waals surface area (Å²) in [5.41, 5.74) is 5.98. The molecule has 0 saturated heterocycles. The second-order valence-electron chi connectivity index (χ2n) is 5.50. The number of aliphatic hydroxyl groups is 1. The third-order valence-electron chi connectivity index (χ3n) is 3.64. The summed E-state index contributed by atoms with van der Waals surface area (Å²) in [6, 6.07) is 0.127. The molecule has 1 fully saturated rings. The van der Waals surface area contributed by atoms with Crippen molar-refractivity contribution in [3.8, 4) is 0 Å². The fourth-order valence-corrected chi connectivity index (χ4v) is 2.61. The summed E-state index contributed by atoms with van der Waals surface area (Å²) in [5, 5.41) is 8.98. The van der Waals surface area contributed by atoms with E-state index in [2.05, 4.69) is 0 Å². The number of rotatable bonds is 5. The average molecular weight is 242 g/mol. The van der Waals surface area contributed by atoms with Crippen molar-refractivity contribution < 1.29 is 9.90 Å². The molecule has 0 aromatic heterocycles. The van der Waals surface area contributed by atoms with Crippen molar-refractivity contribution in [2.75, 3.05) is 13.2 Å². The van der Waals surface area contributed by atoms with E-state index in [1.807, 2.05) is 13.8 Å². The van der Waals surface area contributed by atoms with Crippen molar-refractivity contribution in [1.29, 1.82) is 0 Å². The zero-order valence-corrected chi connectivity index (χ0v) is 11.1. The Balaban J connectivity index is 2.55.